The van der Waals surface area contributed by atoms with Gasteiger partial charge in [0.1, 0.15) is 5.69 Å². The van der Waals surface area contributed by atoms with Gasteiger partial charge in [-0.3, -0.25) is 4.79 Å². The standard InChI is InChI=1S/C17H18N2OS/c1-4-19-14-7-8-21-16(14)10-15(19)17(20)18-13-9-11(2)5-6-12(13)3/h5-10H,4H2,1-3H3,(H,18,20). The molecule has 2 heterocycles. The average molecular weight is 298 g/mol. The number of amides is 1. The van der Waals surface area contributed by atoms with E-state index in [1.807, 2.05) is 32.0 Å². The molecule has 21 heavy (non-hydrogen) atoms. The zero-order chi connectivity index (χ0) is 15.0. The van der Waals surface area contributed by atoms with Gasteiger partial charge in [-0.1, -0.05) is 12.1 Å². The lowest BCUT2D eigenvalue weighted by molar-refractivity contribution is 0.101. The Balaban J connectivity index is 1.97. The van der Waals surface area contributed by atoms with Crippen molar-refractivity contribution in [2.45, 2.75) is 27.3 Å². The maximum atomic E-state index is 12.6. The molecule has 0 saturated heterocycles. The van der Waals surface area contributed by atoms with Crippen LogP contribution in [0.1, 0.15) is 28.5 Å². The van der Waals surface area contributed by atoms with Crippen molar-refractivity contribution in [3.8, 4) is 0 Å². The molecule has 4 heteroatoms. The second-order valence-electron chi connectivity index (χ2n) is 5.22. The van der Waals surface area contributed by atoms with Crippen molar-refractivity contribution in [3.05, 3.63) is 52.5 Å². The Hall–Kier alpha value is -2.07. The van der Waals surface area contributed by atoms with Crippen molar-refractivity contribution >= 4 is 33.1 Å². The van der Waals surface area contributed by atoms with E-state index in [0.29, 0.717) is 0 Å². The van der Waals surface area contributed by atoms with Gasteiger partial charge in [-0.2, -0.15) is 0 Å². The molecule has 2 aromatic heterocycles. The van der Waals surface area contributed by atoms with E-state index in [1.165, 1.54) is 0 Å². The quantitative estimate of drug-likeness (QED) is 0.754. The molecule has 1 N–H and O–H groups in total. The van der Waals surface area contributed by atoms with Crippen LogP contribution in [-0.2, 0) is 6.54 Å². The number of nitrogens with one attached hydrogen (secondary N) is 1. The molecule has 3 rings (SSSR count). The number of carbonyl (C=O) groups is 1. The summed E-state index contributed by atoms with van der Waals surface area (Å²) in [4.78, 5) is 12.6. The molecule has 0 unspecified atom stereocenters. The van der Waals surface area contributed by atoms with E-state index in [0.717, 1.165) is 39.3 Å². The lowest BCUT2D eigenvalue weighted by Gasteiger charge is -2.11. The molecule has 0 atom stereocenters. The van der Waals surface area contributed by atoms with Crippen molar-refractivity contribution in [2.75, 3.05) is 5.32 Å². The van der Waals surface area contributed by atoms with Gasteiger partial charge in [0.15, 0.2) is 0 Å². The van der Waals surface area contributed by atoms with Gasteiger partial charge in [0, 0.05) is 12.2 Å². The summed E-state index contributed by atoms with van der Waals surface area (Å²) in [5.74, 6) is -0.0473. The molecule has 0 bridgehead atoms. The van der Waals surface area contributed by atoms with Crippen LogP contribution in [0, 0.1) is 13.8 Å². The van der Waals surface area contributed by atoms with E-state index >= 15 is 0 Å². The fraction of sp³-hybridized carbons (Fsp3) is 0.235. The number of benzene rings is 1. The predicted molar refractivity (Wildman–Crippen MR) is 89.4 cm³/mol. The lowest BCUT2D eigenvalue weighted by atomic mass is 10.1. The van der Waals surface area contributed by atoms with Gasteiger partial charge in [-0.15, -0.1) is 11.3 Å². The highest BCUT2D eigenvalue weighted by atomic mass is 32.1. The van der Waals surface area contributed by atoms with Crippen LogP contribution in [0.4, 0.5) is 5.69 Å². The Morgan fingerprint density at radius 2 is 2.05 bits per heavy atom. The minimum Gasteiger partial charge on any atom is -0.336 e. The zero-order valence-corrected chi connectivity index (χ0v) is 13.3. The van der Waals surface area contributed by atoms with Crippen molar-refractivity contribution < 1.29 is 4.79 Å². The minimum absolute atomic E-state index is 0.0473. The second-order valence-corrected chi connectivity index (χ2v) is 6.16. The number of fused-ring (bicyclic) bond motifs is 1. The second kappa shape index (κ2) is 5.37. The van der Waals surface area contributed by atoms with Gasteiger partial charge in [-0.25, -0.2) is 0 Å². The first-order chi connectivity index (χ1) is 10.1. The number of carbonyl (C=O) groups excluding carboxylic acids is 1. The van der Waals surface area contributed by atoms with Crippen LogP contribution in [-0.4, -0.2) is 10.5 Å². The Morgan fingerprint density at radius 1 is 1.24 bits per heavy atom. The molecule has 0 aliphatic rings. The summed E-state index contributed by atoms with van der Waals surface area (Å²) in [5, 5.41) is 5.10. The van der Waals surface area contributed by atoms with Crippen LogP contribution in [0.5, 0.6) is 0 Å². The number of nitrogens with zero attached hydrogens (tertiary/aromatic N) is 1. The largest absolute Gasteiger partial charge is 0.336 e. The monoisotopic (exact) mass is 298 g/mol. The third-order valence-electron chi connectivity index (χ3n) is 3.71. The number of rotatable bonds is 3. The molecule has 1 aromatic carbocycles. The molecule has 0 aliphatic heterocycles. The average Bonchev–Trinajstić information content (AvgIpc) is 3.02. The Labute approximate surface area is 128 Å². The van der Waals surface area contributed by atoms with Crippen LogP contribution in [0.2, 0.25) is 0 Å². The van der Waals surface area contributed by atoms with E-state index in [2.05, 4.69) is 34.3 Å². The molecule has 0 radical (unpaired) electrons. The highest BCUT2D eigenvalue weighted by molar-refractivity contribution is 7.17. The summed E-state index contributed by atoms with van der Waals surface area (Å²) in [6.07, 6.45) is 0. The van der Waals surface area contributed by atoms with Crippen LogP contribution < -0.4 is 5.32 Å². The van der Waals surface area contributed by atoms with Gasteiger partial charge in [0.2, 0.25) is 0 Å². The van der Waals surface area contributed by atoms with Crippen LogP contribution in [0.3, 0.4) is 0 Å². The third kappa shape index (κ3) is 2.47. The van der Waals surface area contributed by atoms with E-state index < -0.39 is 0 Å². The van der Waals surface area contributed by atoms with Crippen LogP contribution in [0.25, 0.3) is 10.2 Å². The van der Waals surface area contributed by atoms with E-state index in [9.17, 15) is 4.79 Å². The Kier molecular flexibility index (Phi) is 3.55. The fourth-order valence-corrected chi connectivity index (χ4v) is 3.38. The smallest absolute Gasteiger partial charge is 0.272 e. The summed E-state index contributed by atoms with van der Waals surface area (Å²) in [7, 11) is 0. The molecular formula is C17H18N2OS. The Bertz CT molecular complexity index is 813. The minimum atomic E-state index is -0.0473. The van der Waals surface area contributed by atoms with Crippen molar-refractivity contribution in [1.29, 1.82) is 0 Å². The van der Waals surface area contributed by atoms with Gasteiger partial charge >= 0.3 is 0 Å². The number of thiophene rings is 1. The summed E-state index contributed by atoms with van der Waals surface area (Å²) < 4.78 is 3.22. The van der Waals surface area contributed by atoms with E-state index in [-0.39, 0.29) is 5.91 Å². The van der Waals surface area contributed by atoms with Gasteiger partial charge in [0.05, 0.1) is 10.2 Å². The molecule has 0 fully saturated rings. The van der Waals surface area contributed by atoms with Gasteiger partial charge in [-0.05, 0) is 55.5 Å². The van der Waals surface area contributed by atoms with Crippen molar-refractivity contribution in [2.24, 2.45) is 0 Å². The van der Waals surface area contributed by atoms with Gasteiger partial charge in [0.25, 0.3) is 5.91 Å². The predicted octanol–water partition coefficient (Wildman–Crippen LogP) is 4.59. The Morgan fingerprint density at radius 3 is 2.81 bits per heavy atom. The van der Waals surface area contributed by atoms with Crippen LogP contribution in [0.15, 0.2) is 35.7 Å². The lowest BCUT2D eigenvalue weighted by Crippen LogP contribution is -2.17. The molecule has 1 amide bonds. The first-order valence-electron chi connectivity index (χ1n) is 7.05. The maximum absolute atomic E-state index is 12.6. The number of aryl methyl sites for hydroxylation is 3. The highest BCUT2D eigenvalue weighted by Crippen LogP contribution is 2.26. The SMILES string of the molecule is CCn1c(C(=O)Nc2cc(C)ccc2C)cc2sccc21. The molecule has 108 valence electrons. The molecule has 3 nitrogen and oxygen atoms in total. The summed E-state index contributed by atoms with van der Waals surface area (Å²) in [6.45, 7) is 6.88. The fourth-order valence-electron chi connectivity index (χ4n) is 2.56. The number of hydrogen-bond acceptors (Lipinski definition) is 2. The summed E-state index contributed by atoms with van der Waals surface area (Å²) >= 11 is 1.67. The molecule has 3 aromatic rings. The third-order valence-corrected chi connectivity index (χ3v) is 4.57. The first-order valence-corrected chi connectivity index (χ1v) is 7.93. The number of hydrogen-bond donors (Lipinski definition) is 1. The van der Waals surface area contributed by atoms with Crippen LogP contribution >= 0.6 is 11.3 Å². The maximum Gasteiger partial charge on any atom is 0.272 e. The van der Waals surface area contributed by atoms with E-state index in [4.69, 9.17) is 0 Å². The van der Waals surface area contributed by atoms with Crippen molar-refractivity contribution in [3.63, 3.8) is 0 Å². The molecule has 0 saturated carbocycles. The summed E-state index contributed by atoms with van der Waals surface area (Å²) in [6, 6.07) is 10.1. The van der Waals surface area contributed by atoms with Gasteiger partial charge < -0.3 is 9.88 Å². The van der Waals surface area contributed by atoms with Crippen molar-refractivity contribution in [1.82, 2.24) is 4.57 Å². The topological polar surface area (TPSA) is 34.0 Å². The molecular weight excluding hydrogens is 280 g/mol. The molecule has 0 aliphatic carbocycles. The first kappa shape index (κ1) is 13.9. The summed E-state index contributed by atoms with van der Waals surface area (Å²) in [5.41, 5.74) is 4.95. The molecule has 0 spiro atoms. The normalized spacial score (nSPS) is 11.0. The number of anilines is 1. The zero-order valence-electron chi connectivity index (χ0n) is 12.4. The highest BCUT2D eigenvalue weighted by Gasteiger charge is 2.16. The number of aromatic nitrogens is 1. The van der Waals surface area contributed by atoms with E-state index in [1.54, 1.807) is 11.3 Å².